The van der Waals surface area contributed by atoms with Gasteiger partial charge in [-0.25, -0.2) is 4.79 Å². The molecular weight excluding hydrogens is 330 g/mol. The van der Waals surface area contributed by atoms with Gasteiger partial charge in [0.15, 0.2) is 0 Å². The van der Waals surface area contributed by atoms with Crippen molar-refractivity contribution in [3.05, 3.63) is 70.9 Å². The van der Waals surface area contributed by atoms with E-state index in [4.69, 9.17) is 0 Å². The second-order valence-electron chi connectivity index (χ2n) is 5.58. The average Bonchev–Trinajstić information content (AvgIpc) is 2.65. The van der Waals surface area contributed by atoms with Crippen molar-refractivity contribution in [2.45, 2.75) is 13.8 Å². The zero-order chi connectivity index (χ0) is 19.1. The fourth-order valence-electron chi connectivity index (χ4n) is 2.20. The van der Waals surface area contributed by atoms with Gasteiger partial charge in [0, 0.05) is 17.6 Å². The molecule has 0 saturated carbocycles. The minimum atomic E-state index is -0.500. The SMILES string of the molecule is COC(=O)c1ccc(N/C=C(/C#N)C(=O)Nc2cccc(C)c2C)cc1. The number of hydrogen-bond donors (Lipinski definition) is 2. The largest absolute Gasteiger partial charge is 0.465 e. The third-order valence-corrected chi connectivity index (χ3v) is 3.91. The summed E-state index contributed by atoms with van der Waals surface area (Å²) >= 11 is 0. The van der Waals surface area contributed by atoms with E-state index in [0.717, 1.165) is 11.1 Å². The molecular formula is C20H19N3O3. The molecule has 0 heterocycles. The first kappa shape index (κ1) is 18.7. The molecule has 26 heavy (non-hydrogen) atoms. The van der Waals surface area contributed by atoms with Gasteiger partial charge in [-0.05, 0) is 55.3 Å². The molecule has 0 aliphatic carbocycles. The molecule has 6 heteroatoms. The van der Waals surface area contributed by atoms with Crippen LogP contribution in [0.4, 0.5) is 11.4 Å². The van der Waals surface area contributed by atoms with E-state index >= 15 is 0 Å². The molecule has 0 unspecified atom stereocenters. The smallest absolute Gasteiger partial charge is 0.337 e. The van der Waals surface area contributed by atoms with Crippen LogP contribution in [0.2, 0.25) is 0 Å². The summed E-state index contributed by atoms with van der Waals surface area (Å²) in [5, 5.41) is 14.9. The minimum Gasteiger partial charge on any atom is -0.465 e. The zero-order valence-electron chi connectivity index (χ0n) is 14.8. The minimum absolute atomic E-state index is 0.0667. The van der Waals surface area contributed by atoms with Gasteiger partial charge >= 0.3 is 5.97 Å². The molecule has 0 atom stereocenters. The van der Waals surface area contributed by atoms with Crippen molar-refractivity contribution in [2.75, 3.05) is 17.7 Å². The Morgan fingerprint density at radius 1 is 1.12 bits per heavy atom. The van der Waals surface area contributed by atoms with Crippen LogP contribution in [0.5, 0.6) is 0 Å². The average molecular weight is 349 g/mol. The number of hydrogen-bond acceptors (Lipinski definition) is 5. The van der Waals surface area contributed by atoms with Crippen LogP contribution in [0.3, 0.4) is 0 Å². The summed E-state index contributed by atoms with van der Waals surface area (Å²) in [5.74, 6) is -0.933. The summed E-state index contributed by atoms with van der Waals surface area (Å²) in [4.78, 5) is 23.7. The molecule has 0 radical (unpaired) electrons. The number of ether oxygens (including phenoxy) is 1. The molecule has 1 amide bonds. The second kappa shape index (κ2) is 8.49. The first-order valence-corrected chi connectivity index (χ1v) is 7.89. The standard InChI is InChI=1S/C20H19N3O3/c1-13-5-4-6-18(14(13)2)23-19(24)16(11-21)12-22-17-9-7-15(8-10-17)20(25)26-3/h4-10,12,22H,1-3H3,(H,23,24)/b16-12-. The lowest BCUT2D eigenvalue weighted by Crippen LogP contribution is -2.15. The Morgan fingerprint density at radius 2 is 1.81 bits per heavy atom. The van der Waals surface area contributed by atoms with Crippen LogP contribution >= 0.6 is 0 Å². The van der Waals surface area contributed by atoms with E-state index in [2.05, 4.69) is 15.4 Å². The number of aryl methyl sites for hydroxylation is 1. The molecule has 0 fully saturated rings. The molecule has 2 aromatic carbocycles. The lowest BCUT2D eigenvalue weighted by molar-refractivity contribution is -0.112. The number of carbonyl (C=O) groups excluding carboxylic acids is 2. The number of anilines is 2. The monoisotopic (exact) mass is 349 g/mol. The molecule has 0 aromatic heterocycles. The number of nitrogens with zero attached hydrogens (tertiary/aromatic N) is 1. The van der Waals surface area contributed by atoms with Gasteiger partial charge in [0.1, 0.15) is 11.6 Å². The third kappa shape index (κ3) is 4.48. The summed E-state index contributed by atoms with van der Waals surface area (Å²) in [6, 6.07) is 13.9. The van der Waals surface area contributed by atoms with Gasteiger partial charge in [-0.1, -0.05) is 12.1 Å². The number of nitriles is 1. The topological polar surface area (TPSA) is 91.2 Å². The van der Waals surface area contributed by atoms with Crippen molar-refractivity contribution in [1.29, 1.82) is 5.26 Å². The normalized spacial score (nSPS) is 10.6. The highest BCUT2D eigenvalue weighted by molar-refractivity contribution is 6.07. The Labute approximate surface area is 152 Å². The molecule has 132 valence electrons. The highest BCUT2D eigenvalue weighted by Gasteiger charge is 2.11. The van der Waals surface area contributed by atoms with Crippen LogP contribution in [-0.2, 0) is 9.53 Å². The Morgan fingerprint density at radius 3 is 2.42 bits per heavy atom. The summed E-state index contributed by atoms with van der Waals surface area (Å²) in [6.07, 6.45) is 1.33. The molecule has 0 aliphatic heterocycles. The number of rotatable bonds is 5. The van der Waals surface area contributed by atoms with Crippen molar-refractivity contribution in [2.24, 2.45) is 0 Å². The summed E-state index contributed by atoms with van der Waals surface area (Å²) in [7, 11) is 1.31. The number of esters is 1. The predicted molar refractivity (Wildman–Crippen MR) is 99.6 cm³/mol. The highest BCUT2D eigenvalue weighted by atomic mass is 16.5. The van der Waals surface area contributed by atoms with Gasteiger partial charge in [0.25, 0.3) is 5.91 Å². The first-order chi connectivity index (χ1) is 12.5. The molecule has 0 spiro atoms. The van der Waals surface area contributed by atoms with Crippen molar-refractivity contribution < 1.29 is 14.3 Å². The van der Waals surface area contributed by atoms with E-state index in [0.29, 0.717) is 16.9 Å². The summed E-state index contributed by atoms with van der Waals surface area (Å²) in [6.45, 7) is 3.85. The maximum atomic E-state index is 12.3. The maximum Gasteiger partial charge on any atom is 0.337 e. The number of methoxy groups -OCH3 is 1. The number of carbonyl (C=O) groups is 2. The van der Waals surface area contributed by atoms with Crippen molar-refractivity contribution >= 4 is 23.3 Å². The van der Waals surface area contributed by atoms with E-state index in [-0.39, 0.29) is 5.57 Å². The predicted octanol–water partition coefficient (Wildman–Crippen LogP) is 3.55. The van der Waals surface area contributed by atoms with Crippen LogP contribution in [0.25, 0.3) is 0 Å². The summed E-state index contributed by atoms with van der Waals surface area (Å²) < 4.78 is 4.63. The lowest BCUT2D eigenvalue weighted by atomic mass is 10.1. The zero-order valence-corrected chi connectivity index (χ0v) is 14.8. The number of nitrogens with one attached hydrogen (secondary N) is 2. The molecule has 2 rings (SSSR count). The van der Waals surface area contributed by atoms with Gasteiger partial charge in [0.05, 0.1) is 12.7 Å². The molecule has 0 saturated heterocycles. The molecule has 0 bridgehead atoms. The molecule has 0 aliphatic rings. The number of amides is 1. The van der Waals surface area contributed by atoms with Crippen molar-refractivity contribution in [3.8, 4) is 6.07 Å². The van der Waals surface area contributed by atoms with Crippen molar-refractivity contribution in [1.82, 2.24) is 0 Å². The van der Waals surface area contributed by atoms with E-state index in [1.165, 1.54) is 13.3 Å². The Balaban J connectivity index is 2.10. The van der Waals surface area contributed by atoms with Crippen LogP contribution in [-0.4, -0.2) is 19.0 Å². The van der Waals surface area contributed by atoms with Crippen molar-refractivity contribution in [3.63, 3.8) is 0 Å². The van der Waals surface area contributed by atoms with Gasteiger partial charge in [-0.2, -0.15) is 5.26 Å². The summed E-state index contributed by atoms with van der Waals surface area (Å²) in [5.41, 5.74) is 3.64. The van der Waals surface area contributed by atoms with E-state index in [9.17, 15) is 14.9 Å². The van der Waals surface area contributed by atoms with Gasteiger partial charge in [-0.3, -0.25) is 4.79 Å². The van der Waals surface area contributed by atoms with Crippen LogP contribution in [0.1, 0.15) is 21.5 Å². The molecule has 6 nitrogen and oxygen atoms in total. The molecule has 2 N–H and O–H groups in total. The fourth-order valence-corrected chi connectivity index (χ4v) is 2.20. The van der Waals surface area contributed by atoms with Gasteiger partial charge < -0.3 is 15.4 Å². The van der Waals surface area contributed by atoms with Crippen LogP contribution < -0.4 is 10.6 Å². The first-order valence-electron chi connectivity index (χ1n) is 7.89. The highest BCUT2D eigenvalue weighted by Crippen LogP contribution is 2.18. The fraction of sp³-hybridized carbons (Fsp3) is 0.150. The second-order valence-corrected chi connectivity index (χ2v) is 5.58. The van der Waals surface area contributed by atoms with Crippen LogP contribution in [0, 0.1) is 25.2 Å². The van der Waals surface area contributed by atoms with E-state index in [1.54, 1.807) is 30.3 Å². The van der Waals surface area contributed by atoms with E-state index in [1.807, 2.05) is 32.0 Å². The number of benzene rings is 2. The molecule has 2 aromatic rings. The lowest BCUT2D eigenvalue weighted by Gasteiger charge is -2.10. The van der Waals surface area contributed by atoms with Gasteiger partial charge in [-0.15, -0.1) is 0 Å². The maximum absolute atomic E-state index is 12.3. The Kier molecular flexibility index (Phi) is 6.12. The Hall–Kier alpha value is -3.59. The quantitative estimate of drug-likeness (QED) is 0.489. The Bertz CT molecular complexity index is 894. The van der Waals surface area contributed by atoms with E-state index < -0.39 is 11.9 Å². The third-order valence-electron chi connectivity index (χ3n) is 3.91. The van der Waals surface area contributed by atoms with Crippen LogP contribution in [0.15, 0.2) is 54.2 Å². The van der Waals surface area contributed by atoms with Gasteiger partial charge in [0.2, 0.25) is 0 Å².